The van der Waals surface area contributed by atoms with Gasteiger partial charge in [-0.3, -0.25) is 14.9 Å². The minimum absolute atomic E-state index is 0.119. The van der Waals surface area contributed by atoms with E-state index in [1.165, 1.54) is 30.5 Å². The van der Waals surface area contributed by atoms with Crippen molar-refractivity contribution < 1.29 is 28.7 Å². The van der Waals surface area contributed by atoms with E-state index in [2.05, 4.69) is 26.5 Å². The van der Waals surface area contributed by atoms with E-state index in [1.54, 1.807) is 19.2 Å². The van der Waals surface area contributed by atoms with Crippen molar-refractivity contribution in [2.45, 2.75) is 20.1 Å². The Morgan fingerprint density at radius 3 is 2.43 bits per heavy atom. The molecule has 0 saturated heterocycles. The fraction of sp³-hybridized carbons (Fsp3) is 0.161. The third-order valence-corrected chi connectivity index (χ3v) is 6.47. The summed E-state index contributed by atoms with van der Waals surface area (Å²) in [5.41, 5.74) is 4.86. The molecule has 0 heterocycles. The zero-order valence-corrected chi connectivity index (χ0v) is 24.5. The molecule has 0 aliphatic rings. The van der Waals surface area contributed by atoms with Crippen LogP contribution in [-0.4, -0.2) is 30.8 Å². The van der Waals surface area contributed by atoms with E-state index in [4.69, 9.17) is 18.9 Å². The summed E-state index contributed by atoms with van der Waals surface area (Å²) in [5, 5.41) is 14.9. The summed E-state index contributed by atoms with van der Waals surface area (Å²) in [6.07, 6.45) is 1.44. The highest BCUT2D eigenvalue weighted by Crippen LogP contribution is 2.38. The Bertz CT molecular complexity index is 1580. The summed E-state index contributed by atoms with van der Waals surface area (Å²) in [6, 6.07) is 24.4. The van der Waals surface area contributed by atoms with Crippen LogP contribution in [0.3, 0.4) is 0 Å². The van der Waals surface area contributed by atoms with Crippen LogP contribution in [0, 0.1) is 10.1 Å². The Hall–Kier alpha value is -4.90. The van der Waals surface area contributed by atoms with Gasteiger partial charge in [0.2, 0.25) is 0 Å². The van der Waals surface area contributed by atoms with Crippen molar-refractivity contribution in [3.05, 3.63) is 122 Å². The van der Waals surface area contributed by atoms with Gasteiger partial charge in [0.1, 0.15) is 13.2 Å². The van der Waals surface area contributed by atoms with E-state index >= 15 is 0 Å². The SMILES string of the molecule is CCOc1cc(/C=N/NC(=O)c2cccc([N+](=O)[O-])c2)cc(Br)c1OCc1ccc(OCc2ccccc2)c(OC)c1. The van der Waals surface area contributed by atoms with Crippen molar-refractivity contribution in [2.24, 2.45) is 5.10 Å². The van der Waals surface area contributed by atoms with Crippen LogP contribution in [0.1, 0.15) is 34.0 Å². The predicted molar refractivity (Wildman–Crippen MR) is 162 cm³/mol. The molecule has 4 aromatic carbocycles. The van der Waals surface area contributed by atoms with Crippen molar-refractivity contribution in [3.63, 3.8) is 0 Å². The van der Waals surface area contributed by atoms with E-state index in [-0.39, 0.29) is 17.9 Å². The zero-order valence-electron chi connectivity index (χ0n) is 22.9. The molecule has 1 N–H and O–H groups in total. The smallest absolute Gasteiger partial charge is 0.271 e. The van der Waals surface area contributed by atoms with Gasteiger partial charge in [-0.1, -0.05) is 42.5 Å². The lowest BCUT2D eigenvalue weighted by molar-refractivity contribution is -0.384. The number of hydrazone groups is 1. The average Bonchev–Trinajstić information content (AvgIpc) is 3.00. The molecule has 4 rings (SSSR count). The molecule has 0 radical (unpaired) electrons. The number of carbonyl (C=O) groups excluding carboxylic acids is 1. The van der Waals surface area contributed by atoms with Gasteiger partial charge in [-0.2, -0.15) is 5.10 Å². The number of halogens is 1. The maximum absolute atomic E-state index is 12.4. The van der Waals surface area contributed by atoms with E-state index in [9.17, 15) is 14.9 Å². The number of benzene rings is 4. The van der Waals surface area contributed by atoms with Crippen LogP contribution in [0.5, 0.6) is 23.0 Å². The number of hydrogen-bond donors (Lipinski definition) is 1. The number of non-ortho nitro benzene ring substituents is 1. The highest BCUT2D eigenvalue weighted by molar-refractivity contribution is 9.10. The van der Waals surface area contributed by atoms with Crippen LogP contribution in [0.2, 0.25) is 0 Å². The molecule has 216 valence electrons. The first-order chi connectivity index (χ1) is 20.4. The Labute approximate surface area is 251 Å². The summed E-state index contributed by atoms with van der Waals surface area (Å²) in [5.74, 6) is 1.62. The van der Waals surface area contributed by atoms with Gasteiger partial charge in [-0.15, -0.1) is 0 Å². The Morgan fingerprint density at radius 2 is 1.69 bits per heavy atom. The number of nitro benzene ring substituents is 1. The van der Waals surface area contributed by atoms with Crippen LogP contribution >= 0.6 is 15.9 Å². The zero-order chi connectivity index (χ0) is 29.9. The molecule has 0 atom stereocenters. The van der Waals surface area contributed by atoms with Crippen LogP contribution in [0.15, 0.2) is 94.5 Å². The van der Waals surface area contributed by atoms with Gasteiger partial charge in [0.25, 0.3) is 11.6 Å². The topological polar surface area (TPSA) is 122 Å². The number of nitrogens with one attached hydrogen (secondary N) is 1. The lowest BCUT2D eigenvalue weighted by Crippen LogP contribution is -2.17. The summed E-state index contributed by atoms with van der Waals surface area (Å²) in [6.45, 7) is 2.91. The first kappa shape index (κ1) is 30.1. The maximum atomic E-state index is 12.4. The van der Waals surface area contributed by atoms with Crippen molar-refractivity contribution in [1.82, 2.24) is 5.43 Å². The molecule has 1 amide bonds. The minimum Gasteiger partial charge on any atom is -0.493 e. The summed E-state index contributed by atoms with van der Waals surface area (Å²) in [4.78, 5) is 22.8. The molecule has 0 fully saturated rings. The van der Waals surface area contributed by atoms with Gasteiger partial charge in [-0.25, -0.2) is 5.43 Å². The van der Waals surface area contributed by atoms with Gasteiger partial charge in [0.05, 0.1) is 29.3 Å². The van der Waals surface area contributed by atoms with Crippen molar-refractivity contribution in [1.29, 1.82) is 0 Å². The molecule has 10 nitrogen and oxygen atoms in total. The van der Waals surface area contributed by atoms with Crippen LogP contribution < -0.4 is 24.4 Å². The normalized spacial score (nSPS) is 10.7. The molecule has 11 heteroatoms. The number of hydrogen-bond acceptors (Lipinski definition) is 8. The third-order valence-electron chi connectivity index (χ3n) is 5.88. The van der Waals surface area contributed by atoms with Crippen molar-refractivity contribution in [2.75, 3.05) is 13.7 Å². The number of nitro groups is 1. The van der Waals surface area contributed by atoms with Gasteiger partial charge in [0, 0.05) is 17.7 Å². The third kappa shape index (κ3) is 8.07. The summed E-state index contributed by atoms with van der Waals surface area (Å²) >= 11 is 3.54. The molecule has 0 saturated carbocycles. The quantitative estimate of drug-likeness (QED) is 0.0989. The van der Waals surface area contributed by atoms with E-state index in [0.29, 0.717) is 46.2 Å². The van der Waals surface area contributed by atoms with Crippen LogP contribution in [-0.2, 0) is 13.2 Å². The number of methoxy groups -OCH3 is 1. The Kier molecular flexibility index (Phi) is 10.5. The van der Waals surface area contributed by atoms with Crippen molar-refractivity contribution in [3.8, 4) is 23.0 Å². The lowest BCUT2D eigenvalue weighted by atomic mass is 10.2. The number of nitrogens with zero attached hydrogens (tertiary/aromatic N) is 2. The second kappa shape index (κ2) is 14.6. The Morgan fingerprint density at radius 1 is 0.905 bits per heavy atom. The number of ether oxygens (including phenoxy) is 4. The highest BCUT2D eigenvalue weighted by atomic mass is 79.9. The van der Waals surface area contributed by atoms with Crippen molar-refractivity contribution >= 4 is 33.7 Å². The van der Waals surface area contributed by atoms with E-state index < -0.39 is 10.8 Å². The molecule has 0 unspecified atom stereocenters. The molecule has 0 aliphatic carbocycles. The van der Waals surface area contributed by atoms with Gasteiger partial charge >= 0.3 is 0 Å². The molecular formula is C31H28BrN3O7. The monoisotopic (exact) mass is 633 g/mol. The largest absolute Gasteiger partial charge is 0.493 e. The number of carbonyl (C=O) groups is 1. The second-order valence-corrected chi connectivity index (χ2v) is 9.67. The van der Waals surface area contributed by atoms with Gasteiger partial charge in [-0.05, 0) is 69.9 Å². The molecule has 0 aliphatic heterocycles. The highest BCUT2D eigenvalue weighted by Gasteiger charge is 2.14. The predicted octanol–water partition coefficient (Wildman–Crippen LogP) is 6.69. The second-order valence-electron chi connectivity index (χ2n) is 8.82. The van der Waals surface area contributed by atoms with E-state index in [0.717, 1.165) is 11.1 Å². The molecular weight excluding hydrogens is 606 g/mol. The lowest BCUT2D eigenvalue weighted by Gasteiger charge is -2.16. The fourth-order valence-electron chi connectivity index (χ4n) is 3.87. The van der Waals surface area contributed by atoms with Crippen LogP contribution in [0.4, 0.5) is 5.69 Å². The number of amides is 1. The Balaban J connectivity index is 1.42. The average molecular weight is 634 g/mol. The van der Waals surface area contributed by atoms with Gasteiger partial charge in [0.15, 0.2) is 23.0 Å². The number of rotatable bonds is 13. The first-order valence-electron chi connectivity index (χ1n) is 12.9. The summed E-state index contributed by atoms with van der Waals surface area (Å²) in [7, 11) is 1.59. The molecule has 0 bridgehead atoms. The molecule has 4 aromatic rings. The maximum Gasteiger partial charge on any atom is 0.271 e. The molecule has 42 heavy (non-hydrogen) atoms. The standard InChI is InChI=1S/C31H28BrN3O7/c1-3-40-29-16-23(18-33-34-31(36)24-10-7-11-25(17-24)35(37)38)14-26(32)30(29)42-20-22-12-13-27(28(15-22)39-2)41-19-21-8-5-4-6-9-21/h4-18H,3,19-20H2,1-2H3,(H,34,36)/b33-18+. The molecule has 0 aromatic heterocycles. The molecule has 0 spiro atoms. The van der Waals surface area contributed by atoms with Gasteiger partial charge < -0.3 is 18.9 Å². The minimum atomic E-state index is -0.578. The summed E-state index contributed by atoms with van der Waals surface area (Å²) < 4.78 is 24.0. The fourth-order valence-corrected chi connectivity index (χ4v) is 4.44. The first-order valence-corrected chi connectivity index (χ1v) is 13.7. The van der Waals surface area contributed by atoms with Crippen LogP contribution in [0.25, 0.3) is 0 Å². The van der Waals surface area contributed by atoms with E-state index in [1.807, 2.05) is 55.5 Å².